The lowest BCUT2D eigenvalue weighted by atomic mass is 9.95. The second kappa shape index (κ2) is 15.0. The summed E-state index contributed by atoms with van der Waals surface area (Å²) in [6, 6.07) is 16.0. The fourth-order valence-electron chi connectivity index (χ4n) is 5.19. The molecule has 1 aliphatic rings. The molecule has 1 unspecified atom stereocenters. The molecule has 1 aliphatic carbocycles. The van der Waals surface area contributed by atoms with Crippen LogP contribution in [0.2, 0.25) is 20.1 Å². The highest BCUT2D eigenvalue weighted by atomic mass is 35.5. The normalized spacial score (nSPS) is 14.6. The molecule has 230 valence electrons. The van der Waals surface area contributed by atoms with Gasteiger partial charge in [-0.2, -0.15) is 0 Å². The first kappa shape index (κ1) is 33.4. The number of carbonyl (C=O) groups excluding carboxylic acids is 2. The number of rotatable bonds is 11. The molecular formula is C31H33Cl4N3O4S. The number of hydrogen-bond donors (Lipinski definition) is 1. The van der Waals surface area contributed by atoms with E-state index < -0.39 is 28.5 Å². The molecule has 12 heteroatoms. The topological polar surface area (TPSA) is 86.8 Å². The van der Waals surface area contributed by atoms with Gasteiger partial charge in [0.05, 0.1) is 10.6 Å². The molecule has 43 heavy (non-hydrogen) atoms. The second-order valence-electron chi connectivity index (χ2n) is 10.5. The molecule has 3 aromatic rings. The summed E-state index contributed by atoms with van der Waals surface area (Å²) in [5.74, 6) is -0.878. The fraction of sp³-hybridized carbons (Fsp3) is 0.355. The van der Waals surface area contributed by atoms with Gasteiger partial charge in [-0.25, -0.2) is 8.42 Å². The minimum absolute atomic E-state index is 0.0274. The molecule has 1 fully saturated rings. The van der Waals surface area contributed by atoms with Gasteiger partial charge in [0.25, 0.3) is 10.0 Å². The van der Waals surface area contributed by atoms with Crippen molar-refractivity contribution in [3.8, 4) is 0 Å². The van der Waals surface area contributed by atoms with E-state index in [-0.39, 0.29) is 29.1 Å². The van der Waals surface area contributed by atoms with E-state index in [0.29, 0.717) is 32.1 Å². The second-order valence-corrected chi connectivity index (χ2v) is 14.0. The van der Waals surface area contributed by atoms with Crippen molar-refractivity contribution < 1.29 is 18.0 Å². The van der Waals surface area contributed by atoms with Crippen LogP contribution in [-0.2, 0) is 26.2 Å². The Labute approximate surface area is 273 Å². The van der Waals surface area contributed by atoms with Gasteiger partial charge in [0, 0.05) is 32.7 Å². The fourth-order valence-corrected chi connectivity index (χ4v) is 7.38. The third-order valence-corrected chi connectivity index (χ3v) is 10.3. The summed E-state index contributed by atoms with van der Waals surface area (Å²) >= 11 is 24.8. The Kier molecular flexibility index (Phi) is 11.6. The molecule has 0 aromatic heterocycles. The van der Waals surface area contributed by atoms with Gasteiger partial charge in [0.15, 0.2) is 0 Å². The maximum atomic E-state index is 14.2. The average molecular weight is 686 g/mol. The Hall–Kier alpha value is -2.49. The summed E-state index contributed by atoms with van der Waals surface area (Å²) in [5.41, 5.74) is 0.762. The molecule has 1 N–H and O–H groups in total. The van der Waals surface area contributed by atoms with Crippen molar-refractivity contribution in [2.75, 3.05) is 10.8 Å². The van der Waals surface area contributed by atoms with Crippen LogP contribution in [0.25, 0.3) is 0 Å². The van der Waals surface area contributed by atoms with Crippen molar-refractivity contribution in [3.63, 3.8) is 0 Å². The van der Waals surface area contributed by atoms with Gasteiger partial charge < -0.3 is 10.2 Å². The molecule has 1 saturated carbocycles. The molecule has 0 radical (unpaired) electrons. The first-order valence-electron chi connectivity index (χ1n) is 14.1. The van der Waals surface area contributed by atoms with E-state index in [1.807, 2.05) is 6.92 Å². The number of halogens is 4. The summed E-state index contributed by atoms with van der Waals surface area (Å²) in [5, 5.41) is 4.53. The number of nitrogens with zero attached hydrogens (tertiary/aromatic N) is 2. The van der Waals surface area contributed by atoms with Crippen LogP contribution in [0.5, 0.6) is 0 Å². The number of hydrogen-bond acceptors (Lipinski definition) is 4. The third-order valence-electron chi connectivity index (χ3n) is 7.47. The Morgan fingerprint density at radius 1 is 0.884 bits per heavy atom. The Balaban J connectivity index is 1.73. The van der Waals surface area contributed by atoms with Crippen molar-refractivity contribution in [1.29, 1.82) is 0 Å². The minimum Gasteiger partial charge on any atom is -0.352 e. The first-order chi connectivity index (χ1) is 20.5. The van der Waals surface area contributed by atoms with Gasteiger partial charge >= 0.3 is 0 Å². The van der Waals surface area contributed by atoms with Gasteiger partial charge in [0.2, 0.25) is 11.8 Å². The number of anilines is 1. The Morgan fingerprint density at radius 2 is 1.53 bits per heavy atom. The zero-order valence-electron chi connectivity index (χ0n) is 23.6. The van der Waals surface area contributed by atoms with Crippen LogP contribution in [0, 0.1) is 0 Å². The molecule has 1 atom stereocenters. The van der Waals surface area contributed by atoms with Crippen LogP contribution in [0.15, 0.2) is 71.6 Å². The minimum atomic E-state index is -4.25. The molecule has 0 bridgehead atoms. The van der Waals surface area contributed by atoms with E-state index in [0.717, 1.165) is 36.4 Å². The van der Waals surface area contributed by atoms with Gasteiger partial charge in [-0.05, 0) is 79.4 Å². The van der Waals surface area contributed by atoms with E-state index in [4.69, 9.17) is 46.4 Å². The van der Waals surface area contributed by atoms with Gasteiger partial charge in [-0.15, -0.1) is 0 Å². The average Bonchev–Trinajstić information content (AvgIpc) is 2.97. The monoisotopic (exact) mass is 683 g/mol. The van der Waals surface area contributed by atoms with Crippen molar-refractivity contribution in [1.82, 2.24) is 10.2 Å². The first-order valence-corrected chi connectivity index (χ1v) is 17.0. The van der Waals surface area contributed by atoms with Crippen molar-refractivity contribution in [2.24, 2.45) is 0 Å². The van der Waals surface area contributed by atoms with E-state index in [2.05, 4.69) is 5.32 Å². The molecule has 2 amide bonds. The van der Waals surface area contributed by atoms with Crippen LogP contribution in [0.3, 0.4) is 0 Å². The van der Waals surface area contributed by atoms with Crippen molar-refractivity contribution in [3.05, 3.63) is 92.4 Å². The van der Waals surface area contributed by atoms with Crippen LogP contribution in [0.4, 0.5) is 5.69 Å². The number of nitrogens with one attached hydrogen (secondary N) is 1. The van der Waals surface area contributed by atoms with Gasteiger partial charge in [-0.3, -0.25) is 13.9 Å². The third kappa shape index (κ3) is 8.58. The molecule has 0 spiro atoms. The van der Waals surface area contributed by atoms with Crippen molar-refractivity contribution >= 4 is 73.9 Å². The van der Waals surface area contributed by atoms with Crippen LogP contribution in [-0.4, -0.2) is 43.8 Å². The summed E-state index contributed by atoms with van der Waals surface area (Å²) in [6.07, 6.45) is 5.24. The highest BCUT2D eigenvalue weighted by molar-refractivity contribution is 7.92. The molecular weight excluding hydrogens is 652 g/mol. The molecule has 4 rings (SSSR count). The van der Waals surface area contributed by atoms with E-state index in [9.17, 15) is 18.0 Å². The lowest BCUT2D eigenvalue weighted by Gasteiger charge is -2.34. The van der Waals surface area contributed by atoms with E-state index in [1.54, 1.807) is 36.4 Å². The lowest BCUT2D eigenvalue weighted by Crippen LogP contribution is -2.54. The number of amides is 2. The standard InChI is InChI=1S/C31H33Cl4N3O4S/c1-2-29(31(40)36-25-8-4-3-5-9-25)37(19-21-11-12-24(34)18-28(21)35)30(39)20-38(26-10-6-7-23(33)17-26)43(41,42)27-15-13-22(32)14-16-27/h6-7,10-18,25,29H,2-5,8-9,19-20H2,1H3,(H,36,40). The van der Waals surface area contributed by atoms with Crippen LogP contribution >= 0.6 is 46.4 Å². The predicted molar refractivity (Wildman–Crippen MR) is 174 cm³/mol. The summed E-state index contributed by atoms with van der Waals surface area (Å²) < 4.78 is 28.9. The Morgan fingerprint density at radius 3 is 2.16 bits per heavy atom. The zero-order chi connectivity index (χ0) is 31.1. The maximum Gasteiger partial charge on any atom is 0.264 e. The summed E-state index contributed by atoms with van der Waals surface area (Å²) in [4.78, 5) is 29.2. The van der Waals surface area contributed by atoms with Gasteiger partial charge in [-0.1, -0.05) is 84.7 Å². The zero-order valence-corrected chi connectivity index (χ0v) is 27.5. The molecule has 7 nitrogen and oxygen atoms in total. The Bertz CT molecular complexity index is 1550. The number of sulfonamides is 1. The van der Waals surface area contributed by atoms with E-state index in [1.165, 1.54) is 35.2 Å². The quantitative estimate of drug-likeness (QED) is 0.224. The molecule has 0 saturated heterocycles. The van der Waals surface area contributed by atoms with Crippen LogP contribution in [0.1, 0.15) is 51.0 Å². The summed E-state index contributed by atoms with van der Waals surface area (Å²) in [6.45, 7) is 1.19. The predicted octanol–water partition coefficient (Wildman–Crippen LogP) is 7.75. The number of benzene rings is 3. The SMILES string of the molecule is CCC(C(=O)NC1CCCCC1)N(Cc1ccc(Cl)cc1Cl)C(=O)CN(c1cccc(Cl)c1)S(=O)(=O)c1ccc(Cl)cc1. The van der Waals surface area contributed by atoms with Crippen molar-refractivity contribution in [2.45, 2.75) is 69.0 Å². The van der Waals surface area contributed by atoms with Crippen LogP contribution < -0.4 is 9.62 Å². The number of carbonyl (C=O) groups is 2. The van der Waals surface area contributed by atoms with E-state index >= 15 is 0 Å². The molecule has 0 heterocycles. The summed E-state index contributed by atoms with van der Waals surface area (Å²) in [7, 11) is -4.25. The molecule has 0 aliphatic heterocycles. The largest absolute Gasteiger partial charge is 0.352 e. The smallest absolute Gasteiger partial charge is 0.264 e. The van der Waals surface area contributed by atoms with Gasteiger partial charge in [0.1, 0.15) is 12.6 Å². The highest BCUT2D eigenvalue weighted by Crippen LogP contribution is 2.29. The highest BCUT2D eigenvalue weighted by Gasteiger charge is 2.34. The maximum absolute atomic E-state index is 14.2. The lowest BCUT2D eigenvalue weighted by molar-refractivity contribution is -0.140. The molecule has 3 aromatic carbocycles.